The van der Waals surface area contributed by atoms with Crippen molar-refractivity contribution in [1.82, 2.24) is 0 Å². The quantitative estimate of drug-likeness (QED) is 0.364. The molecule has 0 atom stereocenters. The molecule has 0 unspecified atom stereocenters. The van der Waals surface area contributed by atoms with Gasteiger partial charge in [0, 0.05) is 0 Å². The van der Waals surface area contributed by atoms with Gasteiger partial charge in [0.2, 0.25) is 6.41 Å². The van der Waals surface area contributed by atoms with Crippen LogP contribution in [0.5, 0.6) is 0 Å². The number of carbonyl (C=O) groups excluding carboxylic acids is 1. The standard InChI is InChI=1S/C6H7.C3H7NOSi.2ClH.Ti/c1-6-4-2-3-5-6;1-6(2)4-3-5;;;/h2,4H,3H2,1H3;3H,1-2H3;2*1H;/q;;;;+2/p-2. The van der Waals surface area contributed by atoms with E-state index in [-0.39, 0.29) is 24.8 Å². The van der Waals surface area contributed by atoms with Crippen LogP contribution in [0, 0.1) is 0 Å². The molecule has 1 aliphatic rings. The summed E-state index contributed by atoms with van der Waals surface area (Å²) in [4.78, 5) is 9.47. The summed E-state index contributed by atoms with van der Waals surface area (Å²) < 4.78 is 5.06. The largest absolute Gasteiger partial charge is 1.00 e. The molecule has 0 fully saturated rings. The van der Waals surface area contributed by atoms with Crippen LogP contribution in [0.4, 0.5) is 0 Å². The molecule has 15 heavy (non-hydrogen) atoms. The van der Waals surface area contributed by atoms with Gasteiger partial charge in [-0.2, -0.15) is 0 Å². The Hall–Kier alpha value is 0.461. The summed E-state index contributed by atoms with van der Waals surface area (Å²) in [6.07, 6.45) is 6.17. The molecule has 0 aromatic rings. The maximum atomic E-state index is 9.47. The average molecular weight is 299 g/mol. The predicted molar refractivity (Wildman–Crippen MR) is 52.4 cm³/mol. The molecule has 0 N–H and O–H groups in total. The van der Waals surface area contributed by atoms with Gasteiger partial charge < -0.3 is 24.8 Å². The molecule has 0 saturated heterocycles. The Labute approximate surface area is 117 Å². The van der Waals surface area contributed by atoms with Crippen LogP contribution in [-0.4, -0.2) is 15.0 Å². The van der Waals surface area contributed by atoms with Gasteiger partial charge in [0.05, 0.1) is 0 Å². The number of rotatable bonds is 1. The molecule has 0 bridgehead atoms. The molecule has 1 aliphatic carbocycles. The third-order valence-electron chi connectivity index (χ3n) is 1.48. The third-order valence-corrected chi connectivity index (χ3v) is 3.03. The molecule has 0 radical (unpaired) electrons. The molecule has 0 heterocycles. The minimum Gasteiger partial charge on any atom is -1.00 e. The van der Waals surface area contributed by atoms with E-state index >= 15 is 0 Å². The fourth-order valence-electron chi connectivity index (χ4n) is 0.721. The van der Waals surface area contributed by atoms with Gasteiger partial charge in [-0.05, 0) is 13.1 Å². The third kappa shape index (κ3) is 12.4. The number of amides is 1. The molecule has 1 amide bonds. The van der Waals surface area contributed by atoms with Crippen molar-refractivity contribution in [3.63, 3.8) is 0 Å². The van der Waals surface area contributed by atoms with Gasteiger partial charge in [0.15, 0.2) is 0 Å². The molecular formula is C9H14Cl2NOSiTi. The molecule has 0 spiro atoms. The summed E-state index contributed by atoms with van der Waals surface area (Å²) in [5, 5.41) is 0. The molecule has 83 valence electrons. The first kappa shape index (κ1) is 20.8. The number of halogens is 2. The smallest absolute Gasteiger partial charge is 0.223 e. The normalized spacial score (nSPS) is 11.8. The Balaban J connectivity index is -0.000000172. The summed E-state index contributed by atoms with van der Waals surface area (Å²) in [6.45, 7) is 6.07. The van der Waals surface area contributed by atoms with Crippen LogP contribution in [0.3, 0.4) is 0 Å². The van der Waals surface area contributed by atoms with E-state index < -0.39 is 8.59 Å². The van der Waals surface area contributed by atoms with E-state index in [0.717, 1.165) is 0 Å². The van der Waals surface area contributed by atoms with E-state index in [4.69, 9.17) is 0 Å². The van der Waals surface area contributed by atoms with E-state index in [0.29, 0.717) is 6.41 Å². The van der Waals surface area contributed by atoms with E-state index in [1.165, 1.54) is 15.9 Å². The summed E-state index contributed by atoms with van der Waals surface area (Å²) >= 11 is 2.18. The van der Waals surface area contributed by atoms with Crippen LogP contribution in [0.15, 0.2) is 26.2 Å². The first-order valence-electron chi connectivity index (χ1n) is 4.10. The summed E-state index contributed by atoms with van der Waals surface area (Å²) in [5.41, 5.74) is 1.44. The van der Waals surface area contributed by atoms with Crippen molar-refractivity contribution in [3.05, 3.63) is 21.6 Å². The van der Waals surface area contributed by atoms with Gasteiger partial charge in [-0.15, -0.1) is 0 Å². The zero-order valence-corrected chi connectivity index (χ0v) is 13.1. The van der Waals surface area contributed by atoms with Crippen LogP contribution in [0.25, 0.3) is 0 Å². The van der Waals surface area contributed by atoms with Crippen LogP contribution >= 0.6 is 0 Å². The van der Waals surface area contributed by atoms with E-state index in [1.54, 1.807) is 0 Å². The maximum Gasteiger partial charge on any atom is 0.223 e. The van der Waals surface area contributed by atoms with Gasteiger partial charge in [-0.3, -0.25) is 9.43 Å². The molecule has 0 aliphatic heterocycles. The summed E-state index contributed by atoms with van der Waals surface area (Å²) in [7, 11) is -0.629. The molecule has 1 rings (SSSR count). The molecule has 6 heteroatoms. The van der Waals surface area contributed by atoms with Crippen LogP contribution < -0.4 is 24.8 Å². The summed E-state index contributed by atoms with van der Waals surface area (Å²) in [5.74, 6) is 0. The zero-order chi connectivity index (χ0) is 10.3. The van der Waals surface area contributed by atoms with Crippen molar-refractivity contribution in [2.75, 3.05) is 0 Å². The van der Waals surface area contributed by atoms with E-state index in [1.807, 2.05) is 13.1 Å². The Morgan fingerprint density at radius 2 is 2.00 bits per heavy atom. The molecule has 0 aromatic heterocycles. The van der Waals surface area contributed by atoms with Crippen molar-refractivity contribution < 1.29 is 50.0 Å². The fraction of sp³-hybridized carbons (Fsp3) is 0.444. The number of allylic oxidation sites excluding steroid dienone is 4. The van der Waals surface area contributed by atoms with E-state index in [9.17, 15) is 4.79 Å². The molecular weight excluding hydrogens is 285 g/mol. The van der Waals surface area contributed by atoms with Gasteiger partial charge in [0.1, 0.15) is 8.59 Å². The fourth-order valence-corrected chi connectivity index (χ4v) is 1.25. The van der Waals surface area contributed by atoms with Crippen molar-refractivity contribution in [2.45, 2.75) is 26.4 Å². The molecule has 0 saturated carbocycles. The van der Waals surface area contributed by atoms with Crippen LogP contribution in [-0.2, 0) is 25.2 Å². The van der Waals surface area contributed by atoms with E-state index in [2.05, 4.69) is 44.1 Å². The van der Waals surface area contributed by atoms with Gasteiger partial charge in [0.25, 0.3) is 0 Å². The van der Waals surface area contributed by atoms with Crippen LogP contribution in [0.1, 0.15) is 13.3 Å². The minimum atomic E-state index is -0.629. The minimum absolute atomic E-state index is 0. The summed E-state index contributed by atoms with van der Waals surface area (Å²) in [6, 6.07) is 0. The maximum absolute atomic E-state index is 9.47. The SMILES string of the molecule is CC1=[C]([Ti+2])CC=C1.C[Si](C)=NC=O.[Cl-].[Cl-]. The number of carbonyl (C=O) groups is 1. The predicted octanol–water partition coefficient (Wildman–Crippen LogP) is -3.56. The van der Waals surface area contributed by atoms with Gasteiger partial charge in [-0.1, -0.05) is 0 Å². The van der Waals surface area contributed by atoms with Crippen molar-refractivity contribution in [2.24, 2.45) is 4.63 Å². The van der Waals surface area contributed by atoms with Crippen molar-refractivity contribution in [1.29, 1.82) is 0 Å². The topological polar surface area (TPSA) is 29.4 Å². The Kier molecular flexibility index (Phi) is 17.4. The second kappa shape index (κ2) is 12.5. The monoisotopic (exact) mass is 298 g/mol. The second-order valence-electron chi connectivity index (χ2n) is 2.95. The molecule has 2 nitrogen and oxygen atoms in total. The molecule has 0 aromatic carbocycles. The first-order valence-corrected chi connectivity index (χ1v) is 7.33. The zero-order valence-electron chi connectivity index (χ0n) is 9.05. The number of hydrogen-bond donors (Lipinski definition) is 0. The van der Waals surface area contributed by atoms with Crippen LogP contribution in [0.2, 0.25) is 13.1 Å². The second-order valence-corrected chi connectivity index (χ2v) is 6.04. The average Bonchev–Trinajstić information content (AvgIpc) is 2.37. The Morgan fingerprint density at radius 1 is 1.47 bits per heavy atom. The van der Waals surface area contributed by atoms with Gasteiger partial charge in [-0.25, -0.2) is 0 Å². The number of nitrogens with zero attached hydrogens (tertiary/aromatic N) is 1. The van der Waals surface area contributed by atoms with Crippen molar-refractivity contribution >= 4 is 15.0 Å². The first-order chi connectivity index (χ1) is 6.07. The Bertz CT molecular complexity index is 273. The Morgan fingerprint density at radius 3 is 2.07 bits per heavy atom. The van der Waals surface area contributed by atoms with Gasteiger partial charge >= 0.3 is 55.4 Å². The van der Waals surface area contributed by atoms with Crippen molar-refractivity contribution in [3.8, 4) is 0 Å². The number of hydrogen-bond acceptors (Lipinski definition) is 1.